The van der Waals surface area contributed by atoms with Crippen LogP contribution in [0.5, 0.6) is 0 Å². The van der Waals surface area contributed by atoms with Crippen molar-refractivity contribution in [2.24, 2.45) is 0 Å². The summed E-state index contributed by atoms with van der Waals surface area (Å²) in [4.78, 5) is 24.0. The SMILES string of the molecule is COC1=CC(=O)C(CC(Cl)c2ccccc2)=C(C)C1=O. The molecule has 2 rings (SSSR count). The number of Topliss-reactive ketones (excluding diaryl/α,β-unsaturated/α-hetero) is 1. The van der Waals surface area contributed by atoms with Gasteiger partial charge < -0.3 is 4.74 Å². The summed E-state index contributed by atoms with van der Waals surface area (Å²) in [6.07, 6.45) is 1.56. The normalized spacial score (nSPS) is 17.1. The Kier molecular flexibility index (Phi) is 4.40. The Balaban J connectivity index is 2.23. The van der Waals surface area contributed by atoms with E-state index in [1.807, 2.05) is 30.3 Å². The topological polar surface area (TPSA) is 43.4 Å². The maximum absolute atomic E-state index is 12.1. The van der Waals surface area contributed by atoms with E-state index in [1.54, 1.807) is 6.92 Å². The molecule has 0 aromatic heterocycles. The molecule has 4 heteroatoms. The fraction of sp³-hybridized carbons (Fsp3) is 0.250. The van der Waals surface area contributed by atoms with Crippen LogP contribution in [0.15, 0.2) is 53.3 Å². The lowest BCUT2D eigenvalue weighted by Gasteiger charge is -2.18. The Bertz CT molecular complexity index is 599. The van der Waals surface area contributed by atoms with Gasteiger partial charge in [0.05, 0.1) is 12.5 Å². The summed E-state index contributed by atoms with van der Waals surface area (Å²) in [7, 11) is 1.38. The lowest BCUT2D eigenvalue weighted by atomic mass is 9.90. The summed E-state index contributed by atoms with van der Waals surface area (Å²) in [6, 6.07) is 9.49. The van der Waals surface area contributed by atoms with E-state index < -0.39 is 0 Å². The number of hydrogen-bond donors (Lipinski definition) is 0. The van der Waals surface area contributed by atoms with E-state index in [0.717, 1.165) is 5.56 Å². The Morgan fingerprint density at radius 3 is 2.45 bits per heavy atom. The van der Waals surface area contributed by atoms with Crippen molar-refractivity contribution < 1.29 is 14.3 Å². The molecule has 20 heavy (non-hydrogen) atoms. The first kappa shape index (κ1) is 14.5. The molecule has 1 unspecified atom stereocenters. The van der Waals surface area contributed by atoms with Gasteiger partial charge in [-0.05, 0) is 18.9 Å². The number of ketones is 2. The third-order valence-electron chi connectivity index (χ3n) is 3.34. The second kappa shape index (κ2) is 6.06. The Labute approximate surface area is 122 Å². The average molecular weight is 291 g/mol. The Hall–Kier alpha value is -1.87. The van der Waals surface area contributed by atoms with Crippen molar-refractivity contribution >= 4 is 23.2 Å². The number of rotatable bonds is 4. The largest absolute Gasteiger partial charge is 0.493 e. The lowest BCUT2D eigenvalue weighted by Crippen LogP contribution is -2.19. The number of ether oxygens (including phenoxy) is 1. The highest BCUT2D eigenvalue weighted by molar-refractivity contribution is 6.24. The van der Waals surface area contributed by atoms with Gasteiger partial charge in [-0.15, -0.1) is 11.6 Å². The predicted molar refractivity (Wildman–Crippen MR) is 77.5 cm³/mol. The second-order valence-electron chi connectivity index (χ2n) is 4.59. The van der Waals surface area contributed by atoms with E-state index in [2.05, 4.69) is 0 Å². The van der Waals surface area contributed by atoms with Gasteiger partial charge in [0.2, 0.25) is 5.78 Å². The summed E-state index contributed by atoms with van der Waals surface area (Å²) in [5.74, 6) is -0.373. The molecule has 0 amide bonds. The van der Waals surface area contributed by atoms with Crippen LogP contribution in [0.25, 0.3) is 0 Å². The summed E-state index contributed by atoms with van der Waals surface area (Å²) in [6.45, 7) is 1.64. The number of alkyl halides is 1. The van der Waals surface area contributed by atoms with Crippen LogP contribution < -0.4 is 0 Å². The van der Waals surface area contributed by atoms with E-state index in [9.17, 15) is 9.59 Å². The summed E-state index contributed by atoms with van der Waals surface area (Å²) < 4.78 is 4.91. The standard InChI is InChI=1S/C16H15ClO3/c1-10-12(14(18)9-15(20-2)16(10)19)8-13(17)11-6-4-3-5-7-11/h3-7,9,13H,8H2,1-2H3. The summed E-state index contributed by atoms with van der Waals surface area (Å²) in [5, 5.41) is -0.338. The van der Waals surface area contributed by atoms with Crippen LogP contribution in [-0.4, -0.2) is 18.7 Å². The van der Waals surface area contributed by atoms with Crippen molar-refractivity contribution in [3.05, 3.63) is 58.9 Å². The minimum Gasteiger partial charge on any atom is -0.493 e. The molecule has 0 spiro atoms. The molecule has 3 nitrogen and oxygen atoms in total. The van der Waals surface area contributed by atoms with E-state index in [-0.39, 0.29) is 22.7 Å². The molecule has 0 saturated carbocycles. The van der Waals surface area contributed by atoms with E-state index in [0.29, 0.717) is 17.6 Å². The minimum absolute atomic E-state index is 0.0853. The molecule has 1 aromatic carbocycles. The molecule has 0 saturated heterocycles. The molecule has 0 aliphatic heterocycles. The van der Waals surface area contributed by atoms with Crippen LogP contribution in [0.1, 0.15) is 24.3 Å². The van der Waals surface area contributed by atoms with E-state index in [1.165, 1.54) is 13.2 Å². The maximum atomic E-state index is 12.1. The minimum atomic E-state index is -0.338. The van der Waals surface area contributed by atoms with Crippen LogP contribution in [0, 0.1) is 0 Å². The van der Waals surface area contributed by atoms with Crippen LogP contribution in [-0.2, 0) is 14.3 Å². The van der Waals surface area contributed by atoms with Gasteiger partial charge in [0.1, 0.15) is 0 Å². The lowest BCUT2D eigenvalue weighted by molar-refractivity contribution is -0.118. The van der Waals surface area contributed by atoms with Crippen molar-refractivity contribution in [1.82, 2.24) is 0 Å². The smallest absolute Gasteiger partial charge is 0.223 e. The second-order valence-corrected chi connectivity index (χ2v) is 5.12. The average Bonchev–Trinajstić information content (AvgIpc) is 2.48. The van der Waals surface area contributed by atoms with Crippen LogP contribution >= 0.6 is 11.6 Å². The van der Waals surface area contributed by atoms with Gasteiger partial charge in [0.25, 0.3) is 0 Å². The molecule has 0 bridgehead atoms. The molecule has 0 heterocycles. The van der Waals surface area contributed by atoms with Crippen molar-refractivity contribution in [2.75, 3.05) is 7.11 Å². The third kappa shape index (κ3) is 2.83. The van der Waals surface area contributed by atoms with Crippen molar-refractivity contribution in [2.45, 2.75) is 18.7 Å². The highest BCUT2D eigenvalue weighted by Crippen LogP contribution is 2.32. The summed E-state index contributed by atoms with van der Waals surface area (Å²) >= 11 is 6.34. The number of benzene rings is 1. The fourth-order valence-corrected chi connectivity index (χ4v) is 2.44. The van der Waals surface area contributed by atoms with Gasteiger partial charge in [0.15, 0.2) is 11.5 Å². The quantitative estimate of drug-likeness (QED) is 0.631. The van der Waals surface area contributed by atoms with Gasteiger partial charge in [0, 0.05) is 17.2 Å². The predicted octanol–water partition coefficient (Wildman–Crippen LogP) is 3.36. The highest BCUT2D eigenvalue weighted by atomic mass is 35.5. The fourth-order valence-electron chi connectivity index (χ4n) is 2.14. The Morgan fingerprint density at radius 2 is 1.85 bits per heavy atom. The zero-order valence-corrected chi connectivity index (χ0v) is 12.1. The van der Waals surface area contributed by atoms with Crippen molar-refractivity contribution in [3.63, 3.8) is 0 Å². The van der Waals surface area contributed by atoms with Gasteiger partial charge in [-0.2, -0.15) is 0 Å². The first-order chi connectivity index (χ1) is 9.54. The van der Waals surface area contributed by atoms with Gasteiger partial charge in [-0.25, -0.2) is 0 Å². The van der Waals surface area contributed by atoms with E-state index >= 15 is 0 Å². The van der Waals surface area contributed by atoms with Gasteiger partial charge in [-0.3, -0.25) is 9.59 Å². The van der Waals surface area contributed by atoms with Crippen molar-refractivity contribution in [1.29, 1.82) is 0 Å². The molecule has 1 aromatic rings. The maximum Gasteiger partial charge on any atom is 0.223 e. The van der Waals surface area contributed by atoms with Gasteiger partial charge in [-0.1, -0.05) is 30.3 Å². The number of halogens is 1. The molecule has 104 valence electrons. The molecule has 1 aliphatic rings. The number of carbonyl (C=O) groups excluding carboxylic acids is 2. The number of hydrogen-bond acceptors (Lipinski definition) is 3. The third-order valence-corrected chi connectivity index (χ3v) is 3.75. The van der Waals surface area contributed by atoms with Gasteiger partial charge >= 0.3 is 0 Å². The van der Waals surface area contributed by atoms with Crippen LogP contribution in [0.3, 0.4) is 0 Å². The molecule has 0 N–H and O–H groups in total. The number of allylic oxidation sites excluding steroid dienone is 3. The zero-order chi connectivity index (χ0) is 14.7. The number of carbonyl (C=O) groups is 2. The zero-order valence-electron chi connectivity index (χ0n) is 11.4. The van der Waals surface area contributed by atoms with Crippen LogP contribution in [0.4, 0.5) is 0 Å². The molecular formula is C16H15ClO3. The monoisotopic (exact) mass is 290 g/mol. The van der Waals surface area contributed by atoms with Crippen LogP contribution in [0.2, 0.25) is 0 Å². The Morgan fingerprint density at radius 1 is 1.20 bits per heavy atom. The molecule has 0 fully saturated rings. The first-order valence-corrected chi connectivity index (χ1v) is 6.71. The summed E-state index contributed by atoms with van der Waals surface area (Å²) in [5.41, 5.74) is 1.80. The first-order valence-electron chi connectivity index (χ1n) is 6.28. The molecule has 0 radical (unpaired) electrons. The molecule has 1 aliphatic carbocycles. The number of methoxy groups -OCH3 is 1. The van der Waals surface area contributed by atoms with Crippen molar-refractivity contribution in [3.8, 4) is 0 Å². The molecule has 1 atom stereocenters. The van der Waals surface area contributed by atoms with E-state index in [4.69, 9.17) is 16.3 Å². The molecular weight excluding hydrogens is 276 g/mol. The highest BCUT2D eigenvalue weighted by Gasteiger charge is 2.27.